The molecule has 0 atom stereocenters. The van der Waals surface area contributed by atoms with Crippen LogP contribution in [0, 0.1) is 0 Å². The summed E-state index contributed by atoms with van der Waals surface area (Å²) in [5.41, 5.74) is 6.30. The predicted octanol–water partition coefficient (Wildman–Crippen LogP) is 5.15. The molecule has 1 aromatic heterocycles. The molecule has 0 aliphatic rings. The van der Waals surface area contributed by atoms with Crippen LogP contribution >= 0.6 is 27.7 Å². The largest absolute Gasteiger partial charge is 0.488 e. The summed E-state index contributed by atoms with van der Waals surface area (Å²) in [5, 5.41) is 4.73. The van der Waals surface area contributed by atoms with Gasteiger partial charge in [-0.3, -0.25) is 4.79 Å². The minimum absolute atomic E-state index is 0.205. The van der Waals surface area contributed by atoms with E-state index in [1.54, 1.807) is 6.21 Å². The van der Waals surface area contributed by atoms with Gasteiger partial charge < -0.3 is 9.72 Å². The van der Waals surface area contributed by atoms with Crippen molar-refractivity contribution in [2.75, 3.05) is 5.75 Å². The highest BCUT2D eigenvalue weighted by molar-refractivity contribution is 9.10. The lowest BCUT2D eigenvalue weighted by atomic mass is 10.2. The molecule has 2 N–H and O–H groups in total. The number of para-hydroxylation sites is 2. The number of H-pyrrole nitrogens is 1. The van der Waals surface area contributed by atoms with Gasteiger partial charge >= 0.3 is 0 Å². The van der Waals surface area contributed by atoms with Gasteiger partial charge in [-0.15, -0.1) is 0 Å². The number of amides is 1. The number of thioether (sulfide) groups is 1. The number of aromatic nitrogens is 2. The molecule has 1 heterocycles. The number of hydrogen-bond donors (Lipinski definition) is 2. The summed E-state index contributed by atoms with van der Waals surface area (Å²) < 4.78 is 6.66. The number of imidazole rings is 1. The smallest absolute Gasteiger partial charge is 0.250 e. The van der Waals surface area contributed by atoms with Crippen LogP contribution in [-0.4, -0.2) is 27.8 Å². The summed E-state index contributed by atoms with van der Waals surface area (Å²) in [6.45, 7) is 0.492. The van der Waals surface area contributed by atoms with Crippen LogP contribution in [0.5, 0.6) is 5.75 Å². The number of carbonyl (C=O) groups excluding carboxylic acids is 1. The number of rotatable bonds is 8. The van der Waals surface area contributed by atoms with E-state index in [9.17, 15) is 4.79 Å². The van der Waals surface area contributed by atoms with Crippen molar-refractivity contribution in [1.82, 2.24) is 15.4 Å². The standard InChI is InChI=1S/C23H19BrN4O2S/c24-18-12-17(10-11-21(18)30-14-16-6-2-1-3-7-16)13-25-28-22(29)15-31-23-26-19-8-4-5-9-20(19)27-23/h1-13H,14-15H2,(H,26,27)(H,28,29)/b25-13-. The maximum atomic E-state index is 12.0. The van der Waals surface area contributed by atoms with Gasteiger partial charge in [0.1, 0.15) is 12.4 Å². The molecule has 0 aliphatic heterocycles. The highest BCUT2D eigenvalue weighted by Crippen LogP contribution is 2.26. The van der Waals surface area contributed by atoms with Gasteiger partial charge in [-0.25, -0.2) is 10.4 Å². The monoisotopic (exact) mass is 494 g/mol. The summed E-state index contributed by atoms with van der Waals surface area (Å²) in [7, 11) is 0. The Bertz CT molecular complexity index is 1180. The third-order valence-corrected chi connectivity index (χ3v) is 5.80. The lowest BCUT2D eigenvalue weighted by molar-refractivity contribution is -0.118. The molecule has 8 heteroatoms. The summed E-state index contributed by atoms with van der Waals surface area (Å²) in [4.78, 5) is 19.7. The van der Waals surface area contributed by atoms with Crippen molar-refractivity contribution >= 4 is 50.8 Å². The van der Waals surface area contributed by atoms with Crippen LogP contribution in [-0.2, 0) is 11.4 Å². The van der Waals surface area contributed by atoms with Gasteiger partial charge in [0.25, 0.3) is 5.91 Å². The summed E-state index contributed by atoms with van der Waals surface area (Å²) in [6, 6.07) is 23.4. The lowest BCUT2D eigenvalue weighted by Gasteiger charge is -2.08. The fraction of sp³-hybridized carbons (Fsp3) is 0.0870. The second-order valence-corrected chi connectivity index (χ2v) is 8.42. The Morgan fingerprint density at radius 1 is 1.13 bits per heavy atom. The van der Waals surface area contributed by atoms with Crippen LogP contribution in [0.15, 0.2) is 87.5 Å². The first-order valence-corrected chi connectivity index (χ1v) is 11.3. The van der Waals surface area contributed by atoms with Crippen LogP contribution in [0.25, 0.3) is 11.0 Å². The van der Waals surface area contributed by atoms with Crippen molar-refractivity contribution in [3.8, 4) is 5.75 Å². The van der Waals surface area contributed by atoms with E-state index in [2.05, 4.69) is 36.4 Å². The Kier molecular flexibility index (Phi) is 7.01. The Morgan fingerprint density at radius 2 is 1.94 bits per heavy atom. The number of benzene rings is 3. The fourth-order valence-electron chi connectivity index (χ4n) is 2.79. The molecule has 6 nitrogen and oxygen atoms in total. The number of nitrogens with one attached hydrogen (secondary N) is 2. The molecule has 0 unspecified atom stereocenters. The van der Waals surface area contributed by atoms with Gasteiger partial charge in [-0.05, 0) is 57.4 Å². The average Bonchev–Trinajstić information content (AvgIpc) is 3.21. The molecule has 4 aromatic rings. The summed E-state index contributed by atoms with van der Waals surface area (Å²) >= 11 is 4.85. The number of carbonyl (C=O) groups is 1. The highest BCUT2D eigenvalue weighted by Gasteiger charge is 2.06. The molecule has 0 aliphatic carbocycles. The van der Waals surface area contributed by atoms with Gasteiger partial charge in [-0.1, -0.05) is 54.2 Å². The number of aromatic amines is 1. The van der Waals surface area contributed by atoms with Crippen LogP contribution in [0.1, 0.15) is 11.1 Å². The summed E-state index contributed by atoms with van der Waals surface area (Å²) in [6.07, 6.45) is 1.59. The molecule has 4 rings (SSSR count). The molecule has 0 fully saturated rings. The number of nitrogens with zero attached hydrogens (tertiary/aromatic N) is 2. The first-order chi connectivity index (χ1) is 15.2. The number of fused-ring (bicyclic) bond motifs is 1. The second-order valence-electron chi connectivity index (χ2n) is 6.61. The van der Waals surface area contributed by atoms with Crippen molar-refractivity contribution in [1.29, 1.82) is 0 Å². The fourth-order valence-corrected chi connectivity index (χ4v) is 3.98. The number of halogens is 1. The zero-order valence-corrected chi connectivity index (χ0v) is 18.8. The van der Waals surface area contributed by atoms with Gasteiger partial charge in [0.2, 0.25) is 0 Å². The molecule has 0 radical (unpaired) electrons. The van der Waals surface area contributed by atoms with E-state index in [-0.39, 0.29) is 11.7 Å². The minimum atomic E-state index is -0.205. The molecule has 1 amide bonds. The topological polar surface area (TPSA) is 79.4 Å². The van der Waals surface area contributed by atoms with Crippen molar-refractivity contribution in [2.24, 2.45) is 5.10 Å². The molecule has 3 aromatic carbocycles. The molecule has 31 heavy (non-hydrogen) atoms. The molecular weight excluding hydrogens is 476 g/mol. The second kappa shape index (κ2) is 10.3. The van der Waals surface area contributed by atoms with E-state index >= 15 is 0 Å². The van der Waals surface area contributed by atoms with Crippen molar-refractivity contribution in [2.45, 2.75) is 11.8 Å². The van der Waals surface area contributed by atoms with E-state index in [0.29, 0.717) is 11.8 Å². The van der Waals surface area contributed by atoms with Crippen molar-refractivity contribution in [3.05, 3.63) is 88.4 Å². The molecule has 0 saturated heterocycles. The number of hydrazone groups is 1. The highest BCUT2D eigenvalue weighted by atomic mass is 79.9. The molecular formula is C23H19BrN4O2S. The van der Waals surface area contributed by atoms with E-state index in [4.69, 9.17) is 4.74 Å². The Labute approximate surface area is 192 Å². The van der Waals surface area contributed by atoms with Crippen LogP contribution in [0.2, 0.25) is 0 Å². The van der Waals surface area contributed by atoms with Gasteiger partial charge in [0.15, 0.2) is 5.16 Å². The lowest BCUT2D eigenvalue weighted by Crippen LogP contribution is -2.19. The summed E-state index contributed by atoms with van der Waals surface area (Å²) in [5.74, 6) is 0.753. The Hall–Kier alpha value is -3.10. The van der Waals surface area contributed by atoms with Crippen LogP contribution < -0.4 is 10.2 Å². The first kappa shape index (κ1) is 21.1. The number of hydrogen-bond acceptors (Lipinski definition) is 5. The Morgan fingerprint density at radius 3 is 2.74 bits per heavy atom. The number of ether oxygens (including phenoxy) is 1. The van der Waals surface area contributed by atoms with Gasteiger partial charge in [0.05, 0.1) is 27.5 Å². The molecule has 0 spiro atoms. The van der Waals surface area contributed by atoms with E-state index in [1.165, 1.54) is 11.8 Å². The van der Waals surface area contributed by atoms with Crippen molar-refractivity contribution < 1.29 is 9.53 Å². The van der Waals surface area contributed by atoms with Crippen LogP contribution in [0.3, 0.4) is 0 Å². The van der Waals surface area contributed by atoms with E-state index in [0.717, 1.165) is 32.4 Å². The minimum Gasteiger partial charge on any atom is -0.488 e. The normalized spacial score (nSPS) is 11.1. The predicted molar refractivity (Wildman–Crippen MR) is 127 cm³/mol. The zero-order valence-electron chi connectivity index (χ0n) is 16.4. The van der Waals surface area contributed by atoms with Crippen molar-refractivity contribution in [3.63, 3.8) is 0 Å². The maximum absolute atomic E-state index is 12.0. The maximum Gasteiger partial charge on any atom is 0.250 e. The first-order valence-electron chi connectivity index (χ1n) is 9.53. The Balaban J connectivity index is 1.26. The third-order valence-electron chi connectivity index (χ3n) is 4.30. The molecule has 156 valence electrons. The third kappa shape index (κ3) is 5.96. The van der Waals surface area contributed by atoms with E-state index in [1.807, 2.05) is 72.8 Å². The molecule has 0 saturated carbocycles. The average molecular weight is 495 g/mol. The molecule has 0 bridgehead atoms. The zero-order chi connectivity index (χ0) is 21.5. The van der Waals surface area contributed by atoms with Crippen LogP contribution in [0.4, 0.5) is 0 Å². The van der Waals surface area contributed by atoms with Gasteiger partial charge in [-0.2, -0.15) is 5.10 Å². The van der Waals surface area contributed by atoms with E-state index < -0.39 is 0 Å². The van der Waals surface area contributed by atoms with Gasteiger partial charge in [0, 0.05) is 0 Å². The quantitative estimate of drug-likeness (QED) is 0.201. The SMILES string of the molecule is O=C(CSc1nc2ccccc2[nH]1)N/N=C\c1ccc(OCc2ccccc2)c(Br)c1.